The van der Waals surface area contributed by atoms with Crippen LogP contribution in [-0.2, 0) is 24.2 Å². The van der Waals surface area contributed by atoms with E-state index in [9.17, 15) is 18.0 Å². The Hall–Kier alpha value is -2.09. The van der Waals surface area contributed by atoms with Crippen LogP contribution in [0.25, 0.3) is 0 Å². The van der Waals surface area contributed by atoms with Crippen LogP contribution >= 0.6 is 0 Å². The van der Waals surface area contributed by atoms with Crippen LogP contribution in [0, 0.1) is 6.92 Å². The summed E-state index contributed by atoms with van der Waals surface area (Å²) >= 11 is 0. The first-order chi connectivity index (χ1) is 12.6. The molecule has 0 N–H and O–H groups in total. The lowest BCUT2D eigenvalue weighted by molar-refractivity contribution is -0.153. The zero-order chi connectivity index (χ0) is 20.2. The third-order valence-electron chi connectivity index (χ3n) is 4.64. The van der Waals surface area contributed by atoms with Crippen molar-refractivity contribution in [2.24, 2.45) is 0 Å². The Balaban J connectivity index is 1.83. The molecule has 8 heteroatoms. The number of aryl methyl sites for hydroxylation is 1. The summed E-state index contributed by atoms with van der Waals surface area (Å²) in [5, 5.41) is 0. The fourth-order valence-corrected chi connectivity index (χ4v) is 4.72. The zero-order valence-corrected chi connectivity index (χ0v) is 17.0. The van der Waals surface area contributed by atoms with Crippen molar-refractivity contribution in [3.63, 3.8) is 0 Å². The molecule has 1 atom stereocenters. The molecule has 1 unspecified atom stereocenters. The van der Waals surface area contributed by atoms with Crippen molar-refractivity contribution in [3.05, 3.63) is 29.3 Å². The summed E-state index contributed by atoms with van der Waals surface area (Å²) in [7, 11) is -1.55. The number of nitrogens with zero attached hydrogens (tertiary/aromatic N) is 1. The molecule has 1 aliphatic rings. The first-order valence-corrected chi connectivity index (χ1v) is 10.8. The Morgan fingerprint density at radius 3 is 2.56 bits per heavy atom. The lowest BCUT2D eigenvalue weighted by Gasteiger charge is -2.23. The van der Waals surface area contributed by atoms with Gasteiger partial charge >= 0.3 is 5.97 Å². The van der Waals surface area contributed by atoms with Crippen molar-refractivity contribution in [1.82, 2.24) is 4.90 Å². The Bertz CT molecular complexity index is 802. The SMILES string of the molecule is Cc1ccc(C(C)C)c(OCC(=O)OCC(=O)N(C)C2CCS(=O)(=O)C2)c1. The van der Waals surface area contributed by atoms with Gasteiger partial charge in [-0.25, -0.2) is 13.2 Å². The molecule has 0 saturated carbocycles. The molecule has 1 aromatic rings. The van der Waals surface area contributed by atoms with Crippen LogP contribution in [-0.4, -0.2) is 63.0 Å². The van der Waals surface area contributed by atoms with Crippen molar-refractivity contribution in [2.45, 2.75) is 39.2 Å². The molecule has 0 spiro atoms. The second-order valence-corrected chi connectivity index (χ2v) is 9.44. The molecule has 1 aromatic carbocycles. The van der Waals surface area contributed by atoms with Gasteiger partial charge in [-0.3, -0.25) is 4.79 Å². The van der Waals surface area contributed by atoms with Crippen LogP contribution in [0.1, 0.15) is 37.3 Å². The summed E-state index contributed by atoms with van der Waals surface area (Å²) in [4.78, 5) is 25.4. The van der Waals surface area contributed by atoms with Gasteiger partial charge in [0.2, 0.25) is 0 Å². The molecule has 0 radical (unpaired) electrons. The Morgan fingerprint density at radius 1 is 1.26 bits per heavy atom. The average molecular weight is 397 g/mol. The normalized spacial score (nSPS) is 18.3. The minimum absolute atomic E-state index is 0.0440. The van der Waals surface area contributed by atoms with Crippen LogP contribution in [0.3, 0.4) is 0 Å². The fraction of sp³-hybridized carbons (Fsp3) is 0.579. The molecule has 1 saturated heterocycles. The number of carbonyl (C=O) groups is 2. The maximum atomic E-state index is 12.1. The molecule has 27 heavy (non-hydrogen) atoms. The van der Waals surface area contributed by atoms with Gasteiger partial charge in [-0.15, -0.1) is 0 Å². The number of ether oxygens (including phenoxy) is 2. The van der Waals surface area contributed by atoms with Gasteiger partial charge in [0.25, 0.3) is 5.91 Å². The summed E-state index contributed by atoms with van der Waals surface area (Å²) in [6, 6.07) is 5.45. The number of sulfone groups is 1. The smallest absolute Gasteiger partial charge is 0.344 e. The van der Waals surface area contributed by atoms with E-state index in [0.29, 0.717) is 12.2 Å². The summed E-state index contributed by atoms with van der Waals surface area (Å²) in [6.45, 7) is 5.28. The molecular formula is C19H27NO6S. The van der Waals surface area contributed by atoms with E-state index in [4.69, 9.17) is 9.47 Å². The molecular weight excluding hydrogens is 370 g/mol. The Labute approximate surface area is 160 Å². The maximum absolute atomic E-state index is 12.1. The fourth-order valence-electron chi connectivity index (χ4n) is 2.95. The van der Waals surface area contributed by atoms with E-state index in [1.807, 2.05) is 39.0 Å². The van der Waals surface area contributed by atoms with Gasteiger partial charge in [-0.1, -0.05) is 26.0 Å². The summed E-state index contributed by atoms with van der Waals surface area (Å²) in [5.41, 5.74) is 2.01. The maximum Gasteiger partial charge on any atom is 0.344 e. The van der Waals surface area contributed by atoms with Crippen LogP contribution in [0.15, 0.2) is 18.2 Å². The third kappa shape index (κ3) is 5.95. The summed E-state index contributed by atoms with van der Waals surface area (Å²) < 4.78 is 33.6. The van der Waals surface area contributed by atoms with Crippen molar-refractivity contribution in [3.8, 4) is 5.75 Å². The second kappa shape index (κ2) is 8.73. The van der Waals surface area contributed by atoms with E-state index >= 15 is 0 Å². The molecule has 0 aliphatic carbocycles. The van der Waals surface area contributed by atoms with Crippen molar-refractivity contribution in [2.75, 3.05) is 31.8 Å². The highest BCUT2D eigenvalue weighted by Gasteiger charge is 2.32. The molecule has 2 rings (SSSR count). The van der Waals surface area contributed by atoms with Crippen LogP contribution in [0.5, 0.6) is 5.75 Å². The van der Waals surface area contributed by atoms with Crippen LogP contribution < -0.4 is 4.74 Å². The molecule has 1 amide bonds. The van der Waals surface area contributed by atoms with Gasteiger partial charge in [0.15, 0.2) is 23.1 Å². The lowest BCUT2D eigenvalue weighted by Crippen LogP contribution is -2.40. The number of esters is 1. The quantitative estimate of drug-likeness (QED) is 0.651. The van der Waals surface area contributed by atoms with Gasteiger partial charge in [-0.2, -0.15) is 0 Å². The van der Waals surface area contributed by atoms with Gasteiger partial charge < -0.3 is 14.4 Å². The highest BCUT2D eigenvalue weighted by Crippen LogP contribution is 2.27. The zero-order valence-electron chi connectivity index (χ0n) is 16.2. The number of likely N-dealkylation sites (N-methyl/N-ethyl adjacent to an activating group) is 1. The molecule has 1 heterocycles. The molecule has 7 nitrogen and oxygen atoms in total. The molecule has 0 bridgehead atoms. The minimum Gasteiger partial charge on any atom is -0.482 e. The van der Waals surface area contributed by atoms with E-state index in [-0.39, 0.29) is 30.1 Å². The predicted molar refractivity (Wildman–Crippen MR) is 102 cm³/mol. The van der Waals surface area contributed by atoms with Crippen molar-refractivity contribution >= 4 is 21.7 Å². The summed E-state index contributed by atoms with van der Waals surface area (Å²) in [6.07, 6.45) is 0.410. The topological polar surface area (TPSA) is 90.0 Å². The van der Waals surface area contributed by atoms with Gasteiger partial charge in [0.05, 0.1) is 11.5 Å². The van der Waals surface area contributed by atoms with Crippen molar-refractivity contribution in [1.29, 1.82) is 0 Å². The average Bonchev–Trinajstić information content (AvgIpc) is 2.96. The van der Waals surface area contributed by atoms with E-state index in [1.165, 1.54) is 11.9 Å². The van der Waals surface area contributed by atoms with Crippen LogP contribution in [0.4, 0.5) is 0 Å². The highest BCUT2D eigenvalue weighted by atomic mass is 32.2. The molecule has 150 valence electrons. The number of hydrogen-bond acceptors (Lipinski definition) is 6. The Kier molecular flexibility index (Phi) is 6.86. The minimum atomic E-state index is -3.08. The molecule has 1 fully saturated rings. The number of benzene rings is 1. The van der Waals surface area contributed by atoms with E-state index in [1.54, 1.807) is 0 Å². The largest absolute Gasteiger partial charge is 0.482 e. The molecule has 0 aromatic heterocycles. The lowest BCUT2D eigenvalue weighted by atomic mass is 10.0. The van der Waals surface area contributed by atoms with Gasteiger partial charge in [-0.05, 0) is 36.5 Å². The third-order valence-corrected chi connectivity index (χ3v) is 6.39. The first-order valence-electron chi connectivity index (χ1n) is 8.94. The van der Waals surface area contributed by atoms with Gasteiger partial charge in [0.1, 0.15) is 5.75 Å². The second-order valence-electron chi connectivity index (χ2n) is 7.21. The summed E-state index contributed by atoms with van der Waals surface area (Å²) in [5.74, 6) is -0.165. The van der Waals surface area contributed by atoms with Crippen molar-refractivity contribution < 1.29 is 27.5 Å². The number of rotatable bonds is 7. The monoisotopic (exact) mass is 397 g/mol. The van der Waals surface area contributed by atoms with Gasteiger partial charge in [0, 0.05) is 13.1 Å². The number of hydrogen-bond donors (Lipinski definition) is 0. The predicted octanol–water partition coefficient (Wildman–Crippen LogP) is 1.69. The standard InChI is InChI=1S/C19H27NO6S/c1-13(2)16-6-5-14(3)9-17(16)25-11-19(22)26-10-18(21)20(4)15-7-8-27(23,24)12-15/h5-6,9,13,15H,7-8,10-12H2,1-4H3. The van der Waals surface area contributed by atoms with E-state index in [0.717, 1.165) is 11.1 Å². The number of carbonyl (C=O) groups excluding carboxylic acids is 2. The number of amides is 1. The first kappa shape index (κ1) is 21.2. The highest BCUT2D eigenvalue weighted by molar-refractivity contribution is 7.91. The Morgan fingerprint density at radius 2 is 1.96 bits per heavy atom. The van der Waals surface area contributed by atoms with E-state index < -0.39 is 28.3 Å². The van der Waals surface area contributed by atoms with Crippen LogP contribution in [0.2, 0.25) is 0 Å². The molecule has 1 aliphatic heterocycles. The van der Waals surface area contributed by atoms with E-state index in [2.05, 4.69) is 0 Å².